The third-order valence-corrected chi connectivity index (χ3v) is 6.99. The lowest BCUT2D eigenvalue weighted by molar-refractivity contribution is -0.120. The van der Waals surface area contributed by atoms with Crippen LogP contribution < -0.4 is 5.32 Å². The van der Waals surface area contributed by atoms with Gasteiger partial charge in [-0.05, 0) is 41.4 Å². The van der Waals surface area contributed by atoms with Crippen LogP contribution in [0.25, 0.3) is 0 Å². The predicted molar refractivity (Wildman–Crippen MR) is 84.7 cm³/mol. The lowest BCUT2D eigenvalue weighted by atomic mass is 10.2. The van der Waals surface area contributed by atoms with Gasteiger partial charge < -0.3 is 5.32 Å². The smallest absolute Gasteiger partial charge is 0.233 e. The van der Waals surface area contributed by atoms with Gasteiger partial charge in [0.25, 0.3) is 0 Å². The molecular weight excluding hydrogens is 362 g/mol. The molecule has 1 N–H and O–H groups in total. The van der Waals surface area contributed by atoms with Gasteiger partial charge in [0, 0.05) is 15.4 Å². The van der Waals surface area contributed by atoms with Crippen molar-refractivity contribution < 1.29 is 13.2 Å². The zero-order valence-electron chi connectivity index (χ0n) is 11.0. The van der Waals surface area contributed by atoms with Gasteiger partial charge in [-0.25, -0.2) is 8.42 Å². The summed E-state index contributed by atoms with van der Waals surface area (Å²) in [5.41, 5.74) is 0. The molecule has 0 aliphatic carbocycles. The molecule has 2 rings (SSSR count). The van der Waals surface area contributed by atoms with Crippen molar-refractivity contribution in [2.75, 3.05) is 11.5 Å². The number of nitrogens with one attached hydrogen (secondary N) is 1. The Kier molecular flexibility index (Phi) is 5.14. The minimum absolute atomic E-state index is 0.0607. The molecule has 0 radical (unpaired) electrons. The molecule has 0 spiro atoms. The van der Waals surface area contributed by atoms with Gasteiger partial charge in [-0.15, -0.1) is 11.8 Å². The minimum atomic E-state index is -2.96. The molecular formula is C13H16BrNO3S2. The zero-order valence-corrected chi connectivity index (χ0v) is 14.2. The Labute approximate surface area is 131 Å². The number of amides is 1. The Morgan fingerprint density at radius 3 is 2.75 bits per heavy atom. The summed E-state index contributed by atoms with van der Waals surface area (Å²) in [6, 6.07) is 7.47. The summed E-state index contributed by atoms with van der Waals surface area (Å²) in [4.78, 5) is 13.1. The maximum Gasteiger partial charge on any atom is 0.233 e. The zero-order chi connectivity index (χ0) is 14.8. The molecule has 0 bridgehead atoms. The van der Waals surface area contributed by atoms with Crippen molar-refractivity contribution in [3.05, 3.63) is 28.7 Å². The summed E-state index contributed by atoms with van der Waals surface area (Å²) in [6.45, 7) is 1.82. The number of halogens is 1. The number of hydrogen-bond acceptors (Lipinski definition) is 4. The number of carbonyl (C=O) groups is 1. The molecule has 110 valence electrons. The van der Waals surface area contributed by atoms with Crippen LogP contribution in [0.2, 0.25) is 0 Å². The quantitative estimate of drug-likeness (QED) is 0.817. The van der Waals surface area contributed by atoms with Crippen molar-refractivity contribution >= 4 is 43.4 Å². The van der Waals surface area contributed by atoms with E-state index in [-0.39, 0.29) is 28.7 Å². The average molecular weight is 378 g/mol. The summed E-state index contributed by atoms with van der Waals surface area (Å²) in [6.07, 6.45) is 0.514. The summed E-state index contributed by atoms with van der Waals surface area (Å²) in [5.74, 6) is 0.113. The highest BCUT2D eigenvalue weighted by molar-refractivity contribution is 9.10. The monoisotopic (exact) mass is 377 g/mol. The third-order valence-electron chi connectivity index (χ3n) is 3.09. The maximum absolute atomic E-state index is 12.1. The summed E-state index contributed by atoms with van der Waals surface area (Å²) in [7, 11) is -2.96. The molecule has 1 amide bonds. The molecule has 1 heterocycles. The first-order valence-corrected chi connectivity index (χ1v) is 9.79. The lowest BCUT2D eigenvalue weighted by Crippen LogP contribution is -2.39. The van der Waals surface area contributed by atoms with Crippen LogP contribution in [0, 0.1) is 0 Å². The van der Waals surface area contributed by atoms with Crippen LogP contribution in [-0.4, -0.2) is 37.1 Å². The number of carbonyl (C=O) groups excluding carboxylic acids is 1. The van der Waals surface area contributed by atoms with E-state index in [0.29, 0.717) is 6.42 Å². The van der Waals surface area contributed by atoms with Crippen LogP contribution in [0.1, 0.15) is 13.3 Å². The molecule has 7 heteroatoms. The largest absolute Gasteiger partial charge is 0.351 e. The molecule has 1 aromatic carbocycles. The molecule has 20 heavy (non-hydrogen) atoms. The van der Waals surface area contributed by atoms with Crippen molar-refractivity contribution in [2.24, 2.45) is 0 Å². The van der Waals surface area contributed by atoms with Crippen LogP contribution in [0.3, 0.4) is 0 Å². The highest BCUT2D eigenvalue weighted by Crippen LogP contribution is 2.30. The van der Waals surface area contributed by atoms with E-state index in [1.807, 2.05) is 31.2 Å². The van der Waals surface area contributed by atoms with Crippen molar-refractivity contribution in [3.63, 3.8) is 0 Å². The number of sulfone groups is 1. The molecule has 0 saturated carbocycles. The first kappa shape index (κ1) is 15.9. The van der Waals surface area contributed by atoms with E-state index < -0.39 is 9.84 Å². The molecule has 2 unspecified atom stereocenters. The van der Waals surface area contributed by atoms with Crippen LogP contribution in [-0.2, 0) is 14.6 Å². The van der Waals surface area contributed by atoms with Crippen molar-refractivity contribution in [1.82, 2.24) is 5.32 Å². The highest BCUT2D eigenvalue weighted by atomic mass is 79.9. The van der Waals surface area contributed by atoms with E-state index in [4.69, 9.17) is 0 Å². The molecule has 1 aliphatic rings. The Bertz CT molecular complexity index is 603. The van der Waals surface area contributed by atoms with Gasteiger partial charge in [-0.2, -0.15) is 0 Å². The predicted octanol–water partition coefficient (Wildman–Crippen LogP) is 2.23. The van der Waals surface area contributed by atoms with Gasteiger partial charge in [0.2, 0.25) is 5.91 Å². The summed E-state index contributed by atoms with van der Waals surface area (Å²) in [5, 5.41) is 2.55. The van der Waals surface area contributed by atoms with Crippen molar-refractivity contribution in [3.8, 4) is 0 Å². The fraction of sp³-hybridized carbons (Fsp3) is 0.462. The number of rotatable bonds is 4. The standard InChI is InChI=1S/C13H16BrNO3S2/c1-9(19-12-5-3-2-4-11(12)14)13(16)15-10-6-7-20(17,18)8-10/h2-5,9-10H,6-8H2,1H3,(H,15,16). The molecule has 1 aromatic rings. The van der Waals surface area contributed by atoms with Gasteiger partial charge in [0.15, 0.2) is 9.84 Å². The van der Waals surface area contributed by atoms with E-state index in [2.05, 4.69) is 21.2 Å². The van der Waals surface area contributed by atoms with Gasteiger partial charge >= 0.3 is 0 Å². The van der Waals surface area contributed by atoms with Crippen LogP contribution in [0.5, 0.6) is 0 Å². The maximum atomic E-state index is 12.1. The van der Waals surface area contributed by atoms with E-state index in [0.717, 1.165) is 9.37 Å². The first-order valence-electron chi connectivity index (χ1n) is 6.29. The topological polar surface area (TPSA) is 63.2 Å². The Balaban J connectivity index is 1.91. The third kappa shape index (κ3) is 4.23. The average Bonchev–Trinajstić information content (AvgIpc) is 2.71. The molecule has 1 fully saturated rings. The molecule has 4 nitrogen and oxygen atoms in total. The van der Waals surface area contributed by atoms with Crippen molar-refractivity contribution in [2.45, 2.75) is 29.5 Å². The second-order valence-corrected chi connectivity index (χ2v) is 9.26. The lowest BCUT2D eigenvalue weighted by Gasteiger charge is -2.16. The van der Waals surface area contributed by atoms with Gasteiger partial charge in [0.1, 0.15) is 0 Å². The van der Waals surface area contributed by atoms with E-state index in [9.17, 15) is 13.2 Å². The number of benzene rings is 1. The Hall–Kier alpha value is -0.530. The van der Waals surface area contributed by atoms with Crippen molar-refractivity contribution in [1.29, 1.82) is 0 Å². The Morgan fingerprint density at radius 2 is 2.15 bits per heavy atom. The second-order valence-electron chi connectivity index (χ2n) is 4.80. The van der Waals surface area contributed by atoms with Gasteiger partial charge in [-0.3, -0.25) is 4.79 Å². The van der Waals surface area contributed by atoms with Crippen LogP contribution in [0.4, 0.5) is 0 Å². The minimum Gasteiger partial charge on any atom is -0.351 e. The molecule has 1 aliphatic heterocycles. The highest BCUT2D eigenvalue weighted by Gasteiger charge is 2.30. The Morgan fingerprint density at radius 1 is 1.45 bits per heavy atom. The number of hydrogen-bond donors (Lipinski definition) is 1. The van der Waals surface area contributed by atoms with Crippen LogP contribution in [0.15, 0.2) is 33.6 Å². The fourth-order valence-corrected chi connectivity index (χ4v) is 5.14. The summed E-state index contributed by atoms with van der Waals surface area (Å²) < 4.78 is 23.7. The van der Waals surface area contributed by atoms with E-state index in [1.54, 1.807) is 0 Å². The normalized spacial score (nSPS) is 22.4. The molecule has 2 atom stereocenters. The van der Waals surface area contributed by atoms with Gasteiger partial charge in [-0.1, -0.05) is 12.1 Å². The van der Waals surface area contributed by atoms with Gasteiger partial charge in [0.05, 0.1) is 16.8 Å². The fourth-order valence-electron chi connectivity index (χ4n) is 2.01. The SMILES string of the molecule is CC(Sc1ccccc1Br)C(=O)NC1CCS(=O)(=O)C1. The summed E-state index contributed by atoms with van der Waals surface area (Å²) >= 11 is 4.90. The second kappa shape index (κ2) is 6.49. The molecule has 1 saturated heterocycles. The van der Waals surface area contributed by atoms with Crippen LogP contribution >= 0.6 is 27.7 Å². The van der Waals surface area contributed by atoms with E-state index >= 15 is 0 Å². The molecule has 0 aromatic heterocycles. The van der Waals surface area contributed by atoms with E-state index in [1.165, 1.54) is 11.8 Å². The first-order chi connectivity index (χ1) is 9.37. The number of thioether (sulfide) groups is 1.